The summed E-state index contributed by atoms with van der Waals surface area (Å²) in [7, 11) is -1.37. The fourth-order valence-electron chi connectivity index (χ4n) is 7.27. The lowest BCUT2D eigenvalue weighted by Gasteiger charge is -2.31. The normalized spacial score (nSPS) is 13.0. The van der Waals surface area contributed by atoms with Crippen LogP contribution >= 0.6 is 22.7 Å². The van der Waals surface area contributed by atoms with Crippen LogP contribution in [0.4, 0.5) is 20.9 Å². The van der Waals surface area contributed by atoms with Crippen molar-refractivity contribution in [3.8, 4) is 23.1 Å². The molecule has 0 unspecified atom stereocenters. The molecule has 0 fully saturated rings. The molecule has 352 valence electrons. The Morgan fingerprint density at radius 3 is 2.39 bits per heavy atom. The molecule has 1 aliphatic rings. The van der Waals surface area contributed by atoms with Gasteiger partial charge in [0.2, 0.25) is 0 Å². The number of hydrogen-bond acceptors (Lipinski definition) is 15. The largest absolute Gasteiger partial charge is 0.494 e. The molecule has 67 heavy (non-hydrogen) atoms. The molecule has 1 amide bonds. The van der Waals surface area contributed by atoms with E-state index in [1.165, 1.54) is 22.7 Å². The van der Waals surface area contributed by atoms with Crippen LogP contribution < -0.4 is 20.3 Å². The van der Waals surface area contributed by atoms with E-state index in [9.17, 15) is 19.6 Å². The number of nitrogens with zero attached hydrogens (tertiary/aromatic N) is 7. The van der Waals surface area contributed by atoms with Crippen LogP contribution in [0.5, 0.6) is 5.75 Å². The molecule has 3 aromatic carbocycles. The van der Waals surface area contributed by atoms with Gasteiger partial charge in [0.1, 0.15) is 41.0 Å². The summed E-state index contributed by atoms with van der Waals surface area (Å²) in [5.41, 5.74) is 9.09. The minimum absolute atomic E-state index is 0.0444. The molecule has 15 nitrogen and oxygen atoms in total. The fourth-order valence-corrected chi connectivity index (χ4v) is 10.1. The minimum atomic E-state index is -1.37. The van der Waals surface area contributed by atoms with Crippen LogP contribution in [0.25, 0.3) is 21.5 Å². The summed E-state index contributed by atoms with van der Waals surface area (Å²) in [4.78, 5) is 55.6. The number of nitriles is 1. The third-order valence-electron chi connectivity index (χ3n) is 10.6. The third-order valence-corrected chi connectivity index (χ3v) is 14.5. The van der Waals surface area contributed by atoms with Crippen molar-refractivity contribution in [1.82, 2.24) is 19.7 Å². The van der Waals surface area contributed by atoms with Crippen molar-refractivity contribution in [2.75, 3.05) is 42.0 Å². The second-order valence-electron chi connectivity index (χ2n) is 19.5. The van der Waals surface area contributed by atoms with Crippen LogP contribution in [0.2, 0.25) is 25.7 Å². The SMILES string of the molecule is CC(C)(C)OC(=O)c1nc(N2CCc3cccc(C(=O)N(COCC[Si](C)(C)C)c4nc5ccccc5s4)c3C2)sc1CCCOc1cccc(-c2nn(C(=O)OC(C)(C)C)c(N)c2C#N)c1. The zero-order valence-electron chi connectivity index (χ0n) is 39.6. The number of anilines is 3. The molecule has 1 aliphatic heterocycles. The van der Waals surface area contributed by atoms with Gasteiger partial charge in [-0.05, 0) is 108 Å². The van der Waals surface area contributed by atoms with Crippen molar-refractivity contribution < 1.29 is 33.3 Å². The van der Waals surface area contributed by atoms with Gasteiger partial charge >= 0.3 is 12.1 Å². The van der Waals surface area contributed by atoms with E-state index in [-0.39, 0.29) is 35.4 Å². The average Bonchev–Trinajstić information content (AvgIpc) is 3.98. The highest BCUT2D eigenvalue weighted by atomic mass is 32.1. The number of amides is 1. The number of ether oxygens (including phenoxy) is 4. The number of rotatable bonds is 15. The molecule has 0 saturated heterocycles. The third kappa shape index (κ3) is 12.1. The first kappa shape index (κ1) is 48.8. The van der Waals surface area contributed by atoms with Crippen LogP contribution in [-0.2, 0) is 33.6 Å². The van der Waals surface area contributed by atoms with Gasteiger partial charge in [0.05, 0.1) is 16.8 Å². The predicted octanol–water partition coefficient (Wildman–Crippen LogP) is 10.3. The molecule has 3 aromatic heterocycles. The smallest absolute Gasteiger partial charge is 0.437 e. The monoisotopic (exact) mass is 962 g/mol. The standard InChI is InChI=1S/C49H58N8O7S2Si/c1-48(2,3)63-44(59)41-39(21-14-24-62-33-17-12-16-32(27-33)40-35(28-50)42(51)57(54-40)47(60)64-49(4,5)6)66-45(53-41)55-23-22-31-15-13-18-34(36(31)29-55)43(58)56(30-61-25-26-67(7,8)9)46-52-37-19-10-11-20-38(37)65-46/h10-13,15-20,27H,14,21-26,29-30,51H2,1-9H3. The van der Waals surface area contributed by atoms with Gasteiger partial charge < -0.3 is 29.6 Å². The van der Waals surface area contributed by atoms with E-state index in [1.54, 1.807) is 49.9 Å². The van der Waals surface area contributed by atoms with E-state index in [1.807, 2.05) is 57.2 Å². The van der Waals surface area contributed by atoms with Crippen LogP contribution in [0.1, 0.15) is 90.4 Å². The quantitative estimate of drug-likeness (QED) is 0.0444. The number of nitrogen functional groups attached to an aromatic ring is 1. The van der Waals surface area contributed by atoms with Gasteiger partial charge in [-0.2, -0.15) is 10.4 Å². The fraction of sp³-hybridized carbons (Fsp3) is 0.408. The minimum Gasteiger partial charge on any atom is -0.494 e. The second-order valence-corrected chi connectivity index (χ2v) is 27.2. The number of hydrogen-bond donors (Lipinski definition) is 1. The summed E-state index contributed by atoms with van der Waals surface area (Å²) in [6.45, 7) is 19.5. The summed E-state index contributed by atoms with van der Waals surface area (Å²) in [6, 6.07) is 23.8. The average molecular weight is 963 g/mol. The summed E-state index contributed by atoms with van der Waals surface area (Å²) in [5, 5.41) is 15.5. The number of carbonyl (C=O) groups excluding carboxylic acids is 3. The molecule has 7 rings (SSSR count). The molecule has 0 atom stereocenters. The van der Waals surface area contributed by atoms with E-state index in [0.717, 1.165) is 36.9 Å². The van der Waals surface area contributed by atoms with E-state index in [0.29, 0.717) is 72.7 Å². The van der Waals surface area contributed by atoms with Crippen LogP contribution in [0.15, 0.2) is 66.7 Å². The maximum absolute atomic E-state index is 14.7. The van der Waals surface area contributed by atoms with Gasteiger partial charge in [-0.25, -0.2) is 19.6 Å². The number of aryl methyl sites for hydroxylation is 1. The summed E-state index contributed by atoms with van der Waals surface area (Å²) < 4.78 is 25.5. The van der Waals surface area contributed by atoms with E-state index >= 15 is 0 Å². The molecule has 0 radical (unpaired) electrons. The number of fused-ring (bicyclic) bond motifs is 2. The molecule has 2 N–H and O–H groups in total. The van der Waals surface area contributed by atoms with E-state index < -0.39 is 31.3 Å². The number of esters is 1. The van der Waals surface area contributed by atoms with Gasteiger partial charge in [-0.3, -0.25) is 9.69 Å². The Balaban J connectivity index is 1.09. The zero-order valence-corrected chi connectivity index (χ0v) is 42.2. The molecule has 6 aromatic rings. The molecule has 18 heteroatoms. The molecule has 0 bridgehead atoms. The zero-order chi connectivity index (χ0) is 48.3. The van der Waals surface area contributed by atoms with Gasteiger partial charge in [0.25, 0.3) is 5.91 Å². The topological polar surface area (TPSA) is 188 Å². The lowest BCUT2D eigenvalue weighted by Crippen LogP contribution is -2.37. The molecule has 0 aliphatic carbocycles. The van der Waals surface area contributed by atoms with Crippen molar-refractivity contribution >= 4 is 75.0 Å². The Hall–Kier alpha value is -6.13. The predicted molar refractivity (Wildman–Crippen MR) is 266 cm³/mol. The molecule has 0 spiro atoms. The van der Waals surface area contributed by atoms with Crippen LogP contribution in [0, 0.1) is 11.3 Å². The first-order valence-electron chi connectivity index (χ1n) is 22.3. The lowest BCUT2D eigenvalue weighted by atomic mass is 9.94. The van der Waals surface area contributed by atoms with Gasteiger partial charge in [-0.1, -0.05) is 67.4 Å². The number of thiazole rings is 2. The van der Waals surface area contributed by atoms with E-state index in [2.05, 4.69) is 41.8 Å². The molecule has 0 saturated carbocycles. The Morgan fingerprint density at radius 2 is 1.67 bits per heavy atom. The Bertz CT molecular complexity index is 2790. The van der Waals surface area contributed by atoms with Gasteiger partial charge in [0.15, 0.2) is 21.8 Å². The highest BCUT2D eigenvalue weighted by Crippen LogP contribution is 2.36. The van der Waals surface area contributed by atoms with Gasteiger partial charge in [0, 0.05) is 43.8 Å². The number of benzene rings is 3. The number of para-hydroxylation sites is 1. The summed E-state index contributed by atoms with van der Waals surface area (Å²) in [5.74, 6) is -0.297. The van der Waals surface area contributed by atoms with Gasteiger partial charge in [-0.15, -0.1) is 16.0 Å². The number of nitrogens with two attached hydrogens (primary N) is 1. The Kier molecular flexibility index (Phi) is 14.6. The van der Waals surface area contributed by atoms with E-state index in [4.69, 9.17) is 34.6 Å². The van der Waals surface area contributed by atoms with Crippen molar-refractivity contribution in [1.29, 1.82) is 5.26 Å². The lowest BCUT2D eigenvalue weighted by molar-refractivity contribution is 0.00620. The molecular formula is C49H58N8O7S2Si. The van der Waals surface area contributed by atoms with Crippen molar-refractivity contribution in [2.45, 2.75) is 104 Å². The maximum Gasteiger partial charge on any atom is 0.437 e. The highest BCUT2D eigenvalue weighted by Gasteiger charge is 2.31. The van der Waals surface area contributed by atoms with Crippen molar-refractivity contribution in [3.63, 3.8) is 0 Å². The number of carbonyl (C=O) groups is 3. The Morgan fingerprint density at radius 1 is 0.925 bits per heavy atom. The summed E-state index contributed by atoms with van der Waals surface area (Å²) in [6.07, 6.45) is 0.899. The van der Waals surface area contributed by atoms with Crippen LogP contribution in [-0.4, -0.2) is 83.5 Å². The highest BCUT2D eigenvalue weighted by molar-refractivity contribution is 7.22. The first-order chi connectivity index (χ1) is 31.7. The molecular weight excluding hydrogens is 905 g/mol. The molecule has 4 heterocycles. The van der Waals surface area contributed by atoms with Crippen LogP contribution in [0.3, 0.4) is 0 Å². The maximum atomic E-state index is 14.7. The van der Waals surface area contributed by atoms with Crippen molar-refractivity contribution in [2.24, 2.45) is 0 Å². The number of aromatic nitrogens is 4. The van der Waals surface area contributed by atoms with Crippen molar-refractivity contribution in [3.05, 3.63) is 99.6 Å². The second kappa shape index (κ2) is 20.0. The first-order valence-corrected chi connectivity index (χ1v) is 27.6. The Labute approximate surface area is 400 Å². The summed E-state index contributed by atoms with van der Waals surface area (Å²) >= 11 is 2.90.